The van der Waals surface area contributed by atoms with Gasteiger partial charge in [-0.1, -0.05) is 37.8 Å². The standard InChI is InChI=1S/C14H22N2O2S/c15-13-7-5-6-12(10-13)11-19(17,18)16-14-8-3-1-2-4-9-14/h5-7,10,14,16H,1-4,8-9,11,15H2. The van der Waals surface area contributed by atoms with Gasteiger partial charge in [0.2, 0.25) is 10.0 Å². The molecule has 4 nitrogen and oxygen atoms in total. The van der Waals surface area contributed by atoms with E-state index in [-0.39, 0.29) is 11.8 Å². The van der Waals surface area contributed by atoms with Gasteiger partial charge >= 0.3 is 0 Å². The molecule has 1 saturated carbocycles. The minimum Gasteiger partial charge on any atom is -0.399 e. The zero-order chi connectivity index (χ0) is 13.7. The molecule has 19 heavy (non-hydrogen) atoms. The monoisotopic (exact) mass is 282 g/mol. The number of hydrogen-bond donors (Lipinski definition) is 2. The van der Waals surface area contributed by atoms with Gasteiger partial charge in [0.05, 0.1) is 5.75 Å². The SMILES string of the molecule is Nc1cccc(CS(=O)(=O)NC2CCCCCC2)c1. The molecule has 0 heterocycles. The van der Waals surface area contributed by atoms with Crippen molar-refractivity contribution in [1.29, 1.82) is 0 Å². The molecule has 1 aromatic rings. The number of nitrogen functional groups attached to an aromatic ring is 1. The van der Waals surface area contributed by atoms with Crippen LogP contribution in [0.4, 0.5) is 5.69 Å². The van der Waals surface area contributed by atoms with Crippen molar-refractivity contribution in [2.45, 2.75) is 50.3 Å². The lowest BCUT2D eigenvalue weighted by Gasteiger charge is -2.16. The van der Waals surface area contributed by atoms with Crippen LogP contribution in [0.2, 0.25) is 0 Å². The largest absolute Gasteiger partial charge is 0.399 e. The molecule has 3 N–H and O–H groups in total. The van der Waals surface area contributed by atoms with Crippen LogP contribution in [0.1, 0.15) is 44.1 Å². The zero-order valence-corrected chi connectivity index (χ0v) is 12.0. The average molecular weight is 282 g/mol. The van der Waals surface area contributed by atoms with Crippen LogP contribution in [-0.4, -0.2) is 14.5 Å². The minimum absolute atomic E-state index is 0.00847. The minimum atomic E-state index is -3.27. The maximum atomic E-state index is 12.1. The van der Waals surface area contributed by atoms with Crippen LogP contribution in [0.15, 0.2) is 24.3 Å². The molecule has 2 rings (SSSR count). The zero-order valence-electron chi connectivity index (χ0n) is 11.1. The second-order valence-corrected chi connectivity index (χ2v) is 7.06. The van der Waals surface area contributed by atoms with E-state index in [4.69, 9.17) is 5.73 Å². The molecule has 1 fully saturated rings. The molecule has 1 aromatic carbocycles. The molecule has 1 aliphatic carbocycles. The summed E-state index contributed by atoms with van der Waals surface area (Å²) in [4.78, 5) is 0. The highest BCUT2D eigenvalue weighted by atomic mass is 32.2. The number of nitrogens with two attached hydrogens (primary N) is 1. The Labute approximate surface area is 115 Å². The molecule has 0 saturated heterocycles. The second kappa shape index (κ2) is 6.39. The third-order valence-corrected chi connectivity index (χ3v) is 4.91. The van der Waals surface area contributed by atoms with Gasteiger partial charge in [0, 0.05) is 11.7 Å². The Bertz CT molecular complexity index is 506. The van der Waals surface area contributed by atoms with Gasteiger partial charge in [0.25, 0.3) is 0 Å². The predicted octanol–water partition coefficient (Wildman–Crippen LogP) is 2.41. The Morgan fingerprint density at radius 3 is 2.47 bits per heavy atom. The molecule has 1 aliphatic rings. The first kappa shape index (κ1) is 14.3. The van der Waals surface area contributed by atoms with Crippen LogP contribution in [0.25, 0.3) is 0 Å². The topological polar surface area (TPSA) is 72.2 Å². The van der Waals surface area contributed by atoms with Crippen molar-refractivity contribution in [2.75, 3.05) is 5.73 Å². The summed E-state index contributed by atoms with van der Waals surface area (Å²) in [5.41, 5.74) is 7.00. The van der Waals surface area contributed by atoms with Gasteiger partial charge < -0.3 is 5.73 Å². The predicted molar refractivity (Wildman–Crippen MR) is 78.1 cm³/mol. The number of anilines is 1. The van der Waals surface area contributed by atoms with Crippen molar-refractivity contribution in [3.63, 3.8) is 0 Å². The number of sulfonamides is 1. The van der Waals surface area contributed by atoms with Crippen molar-refractivity contribution in [3.8, 4) is 0 Å². The molecule has 5 heteroatoms. The van der Waals surface area contributed by atoms with E-state index in [0.717, 1.165) is 31.2 Å². The van der Waals surface area contributed by atoms with Crippen LogP contribution in [0, 0.1) is 0 Å². The van der Waals surface area contributed by atoms with Crippen molar-refractivity contribution in [1.82, 2.24) is 4.72 Å². The molecule has 0 aliphatic heterocycles. The van der Waals surface area contributed by atoms with E-state index >= 15 is 0 Å². The fraction of sp³-hybridized carbons (Fsp3) is 0.571. The fourth-order valence-corrected chi connectivity index (χ4v) is 4.04. The van der Waals surface area contributed by atoms with E-state index in [1.165, 1.54) is 12.8 Å². The van der Waals surface area contributed by atoms with Crippen molar-refractivity contribution < 1.29 is 8.42 Å². The van der Waals surface area contributed by atoms with Crippen molar-refractivity contribution >= 4 is 15.7 Å². The first-order chi connectivity index (χ1) is 9.05. The Hall–Kier alpha value is -1.07. The van der Waals surface area contributed by atoms with Gasteiger partial charge in [0.15, 0.2) is 0 Å². The van der Waals surface area contributed by atoms with E-state index < -0.39 is 10.0 Å². The smallest absolute Gasteiger partial charge is 0.216 e. The molecule has 0 unspecified atom stereocenters. The molecule has 0 aromatic heterocycles. The molecule has 0 bridgehead atoms. The third-order valence-electron chi connectivity index (χ3n) is 3.51. The quantitative estimate of drug-likeness (QED) is 0.658. The average Bonchev–Trinajstić information content (AvgIpc) is 2.56. The van der Waals surface area contributed by atoms with Crippen LogP contribution in [-0.2, 0) is 15.8 Å². The summed E-state index contributed by atoms with van der Waals surface area (Å²) >= 11 is 0. The van der Waals surface area contributed by atoms with Crippen LogP contribution in [0.5, 0.6) is 0 Å². The maximum Gasteiger partial charge on any atom is 0.216 e. The first-order valence-electron chi connectivity index (χ1n) is 6.89. The Kier molecular flexibility index (Phi) is 4.82. The lowest BCUT2D eigenvalue weighted by atomic mass is 10.1. The molecule has 0 atom stereocenters. The van der Waals surface area contributed by atoms with E-state index in [1.54, 1.807) is 24.3 Å². The summed E-state index contributed by atoms with van der Waals surface area (Å²) in [5.74, 6) is 0.00847. The van der Waals surface area contributed by atoms with E-state index in [0.29, 0.717) is 5.69 Å². The summed E-state index contributed by atoms with van der Waals surface area (Å²) in [6, 6.07) is 7.16. The highest BCUT2D eigenvalue weighted by Gasteiger charge is 2.19. The Morgan fingerprint density at radius 2 is 1.84 bits per heavy atom. The first-order valence-corrected chi connectivity index (χ1v) is 8.55. The van der Waals surface area contributed by atoms with Gasteiger partial charge in [-0.05, 0) is 30.5 Å². The van der Waals surface area contributed by atoms with E-state index in [1.807, 2.05) is 0 Å². The summed E-state index contributed by atoms with van der Waals surface area (Å²) in [6.07, 6.45) is 6.57. The highest BCUT2D eigenvalue weighted by Crippen LogP contribution is 2.18. The van der Waals surface area contributed by atoms with Crippen LogP contribution >= 0.6 is 0 Å². The Balaban J connectivity index is 1.98. The van der Waals surface area contributed by atoms with Gasteiger partial charge in [-0.3, -0.25) is 0 Å². The summed E-state index contributed by atoms with van der Waals surface area (Å²) in [7, 11) is -3.27. The van der Waals surface area contributed by atoms with Crippen molar-refractivity contribution in [2.24, 2.45) is 0 Å². The molecule has 106 valence electrons. The van der Waals surface area contributed by atoms with Crippen LogP contribution in [0.3, 0.4) is 0 Å². The van der Waals surface area contributed by atoms with Gasteiger partial charge in [-0.15, -0.1) is 0 Å². The number of hydrogen-bond acceptors (Lipinski definition) is 3. The molecule has 0 amide bonds. The van der Waals surface area contributed by atoms with E-state index in [2.05, 4.69) is 4.72 Å². The normalized spacial score (nSPS) is 18.1. The lowest BCUT2D eigenvalue weighted by molar-refractivity contribution is 0.509. The molecule has 0 spiro atoms. The second-order valence-electron chi connectivity index (χ2n) is 5.31. The van der Waals surface area contributed by atoms with E-state index in [9.17, 15) is 8.42 Å². The van der Waals surface area contributed by atoms with Gasteiger partial charge in [0.1, 0.15) is 0 Å². The number of benzene rings is 1. The summed E-state index contributed by atoms with van der Waals surface area (Å²) in [5, 5.41) is 0. The molecular formula is C14H22N2O2S. The summed E-state index contributed by atoms with van der Waals surface area (Å²) < 4.78 is 27.1. The molecular weight excluding hydrogens is 260 g/mol. The maximum absolute atomic E-state index is 12.1. The lowest BCUT2D eigenvalue weighted by Crippen LogP contribution is -2.35. The number of rotatable bonds is 4. The molecule has 0 radical (unpaired) electrons. The van der Waals surface area contributed by atoms with Gasteiger partial charge in [-0.25, -0.2) is 13.1 Å². The fourth-order valence-electron chi connectivity index (χ4n) is 2.60. The summed E-state index contributed by atoms with van der Waals surface area (Å²) in [6.45, 7) is 0. The third kappa shape index (κ3) is 4.84. The van der Waals surface area contributed by atoms with Crippen LogP contribution < -0.4 is 10.5 Å². The Morgan fingerprint density at radius 1 is 1.16 bits per heavy atom. The highest BCUT2D eigenvalue weighted by molar-refractivity contribution is 7.88. The number of nitrogens with one attached hydrogen (secondary N) is 1. The van der Waals surface area contributed by atoms with Crippen molar-refractivity contribution in [3.05, 3.63) is 29.8 Å². The van der Waals surface area contributed by atoms with Gasteiger partial charge in [-0.2, -0.15) is 0 Å².